The number of carbonyl (C=O) groups excluding carboxylic acids is 1. The molecule has 9 nitrogen and oxygen atoms in total. The molecule has 46 heavy (non-hydrogen) atoms. The zero-order valence-corrected chi connectivity index (χ0v) is 27.8. The predicted molar refractivity (Wildman–Crippen MR) is 187 cm³/mol. The summed E-state index contributed by atoms with van der Waals surface area (Å²) >= 11 is 0. The van der Waals surface area contributed by atoms with E-state index >= 15 is 0 Å². The topological polar surface area (TPSA) is 111 Å². The second-order valence-electron chi connectivity index (χ2n) is 12.4. The molecule has 0 radical (unpaired) electrons. The average Bonchev–Trinajstić information content (AvgIpc) is 3.01. The van der Waals surface area contributed by atoms with Crippen LogP contribution in [0.15, 0.2) is 97.2 Å². The van der Waals surface area contributed by atoms with Crippen LogP contribution in [0, 0.1) is 0 Å². The monoisotopic (exact) mass is 638 g/mol. The fourth-order valence-corrected chi connectivity index (χ4v) is 5.21. The lowest BCUT2D eigenvalue weighted by molar-refractivity contribution is 0.262. The Balaban J connectivity index is 1.39. The number of hydrogen-bond donors (Lipinski definition) is 3. The maximum absolute atomic E-state index is 13.4. The van der Waals surface area contributed by atoms with E-state index in [4.69, 9.17) is 14.2 Å². The summed E-state index contributed by atoms with van der Waals surface area (Å²) in [6.07, 6.45) is 1.74. The molecule has 1 aromatic heterocycles. The molecule has 0 atom stereocenters. The van der Waals surface area contributed by atoms with Gasteiger partial charge in [-0.1, -0.05) is 63.2 Å². The number of anilines is 4. The highest BCUT2D eigenvalue weighted by molar-refractivity contribution is 7.62. The third kappa shape index (κ3) is 8.17. The lowest BCUT2D eigenvalue weighted by Gasteiger charge is -2.24. The Morgan fingerprint density at radius 1 is 0.826 bits per heavy atom. The first-order chi connectivity index (χ1) is 21.9. The molecule has 0 aliphatic heterocycles. The van der Waals surface area contributed by atoms with E-state index in [1.807, 2.05) is 78.9 Å². The minimum Gasteiger partial charge on any atom is -0.491 e. The molecule has 0 unspecified atom stereocenters. The number of ether oxygens (including phenoxy) is 3. The first kappa shape index (κ1) is 32.4. The molecule has 5 aromatic rings. The van der Waals surface area contributed by atoms with E-state index in [1.165, 1.54) is 7.11 Å². The van der Waals surface area contributed by atoms with Crippen LogP contribution in [0.25, 0.3) is 10.8 Å². The second kappa shape index (κ2) is 13.5. The van der Waals surface area contributed by atoms with Crippen molar-refractivity contribution in [2.75, 3.05) is 42.7 Å². The summed E-state index contributed by atoms with van der Waals surface area (Å²) in [4.78, 5) is 17.8. The number of nitrogens with one attached hydrogen (secondary N) is 3. The van der Waals surface area contributed by atoms with Crippen molar-refractivity contribution >= 4 is 46.8 Å². The van der Waals surface area contributed by atoms with Gasteiger partial charge < -0.3 is 34.7 Å². The molecule has 4 aromatic carbocycles. The molecular formula is C36H39N4O5P. The molecule has 10 heteroatoms. The molecule has 5 rings (SSSR count). The Morgan fingerprint density at radius 3 is 2.22 bits per heavy atom. The Kier molecular flexibility index (Phi) is 9.54. The molecule has 1 heterocycles. The van der Waals surface area contributed by atoms with Crippen LogP contribution in [0.2, 0.25) is 0 Å². The van der Waals surface area contributed by atoms with Crippen molar-refractivity contribution < 1.29 is 23.6 Å². The number of carbonyl (C=O) groups is 1. The summed E-state index contributed by atoms with van der Waals surface area (Å²) in [6, 6.07) is 28.0. The van der Waals surface area contributed by atoms with E-state index in [1.54, 1.807) is 31.7 Å². The number of methoxy groups -OCH3 is 1. The molecule has 0 fully saturated rings. The predicted octanol–water partition coefficient (Wildman–Crippen LogP) is 9.68. The minimum absolute atomic E-state index is 0.0490. The van der Waals surface area contributed by atoms with Crippen LogP contribution < -0.4 is 30.2 Å². The summed E-state index contributed by atoms with van der Waals surface area (Å²) in [7, 11) is -0.958. The summed E-state index contributed by atoms with van der Waals surface area (Å²) in [5, 5.41) is 10.8. The number of nitrogens with zero attached hydrogens (tertiary/aromatic N) is 1. The third-order valence-corrected chi connectivity index (χ3v) is 7.79. The van der Waals surface area contributed by atoms with Gasteiger partial charge in [0.2, 0.25) is 0 Å². The van der Waals surface area contributed by atoms with Crippen molar-refractivity contribution in [2.45, 2.75) is 26.2 Å². The van der Waals surface area contributed by atoms with E-state index in [2.05, 4.69) is 41.7 Å². The Morgan fingerprint density at radius 2 is 1.52 bits per heavy atom. The van der Waals surface area contributed by atoms with Crippen LogP contribution in [0.5, 0.6) is 23.0 Å². The fourth-order valence-electron chi connectivity index (χ4n) is 4.76. The zero-order valence-electron chi connectivity index (χ0n) is 26.9. The average molecular weight is 639 g/mol. The zero-order chi connectivity index (χ0) is 32.9. The number of para-hydroxylation sites is 1. The van der Waals surface area contributed by atoms with E-state index < -0.39 is 13.2 Å². The number of aromatic nitrogens is 1. The van der Waals surface area contributed by atoms with Crippen molar-refractivity contribution in [1.29, 1.82) is 0 Å². The van der Waals surface area contributed by atoms with Crippen LogP contribution in [0.4, 0.5) is 27.7 Å². The van der Waals surface area contributed by atoms with Crippen molar-refractivity contribution in [3.8, 4) is 23.0 Å². The molecule has 238 valence electrons. The van der Waals surface area contributed by atoms with Crippen molar-refractivity contribution in [3.63, 3.8) is 0 Å². The molecule has 3 N–H and O–H groups in total. The van der Waals surface area contributed by atoms with E-state index in [0.717, 1.165) is 22.0 Å². The van der Waals surface area contributed by atoms with Gasteiger partial charge in [-0.25, -0.2) is 9.78 Å². The molecule has 0 aliphatic carbocycles. The van der Waals surface area contributed by atoms with Crippen LogP contribution in [-0.2, 0) is 9.98 Å². The van der Waals surface area contributed by atoms with Gasteiger partial charge in [0.15, 0.2) is 11.5 Å². The lowest BCUT2D eigenvalue weighted by Crippen LogP contribution is -2.21. The molecule has 0 spiro atoms. The quantitative estimate of drug-likeness (QED) is 0.131. The maximum atomic E-state index is 13.4. The van der Waals surface area contributed by atoms with Crippen LogP contribution in [0.1, 0.15) is 26.3 Å². The molecule has 2 amide bonds. The number of rotatable bonds is 10. The van der Waals surface area contributed by atoms with E-state index in [9.17, 15) is 9.36 Å². The lowest BCUT2D eigenvalue weighted by atomic mass is 9.86. The molecule has 0 bridgehead atoms. The van der Waals surface area contributed by atoms with Gasteiger partial charge in [0.1, 0.15) is 30.8 Å². The molecular weight excluding hydrogens is 599 g/mol. The first-order valence-electron chi connectivity index (χ1n) is 14.8. The number of benzene rings is 4. The highest BCUT2D eigenvalue weighted by Crippen LogP contribution is 2.43. The SMILES string of the molecule is COc1c(NC(=O)Nc2ccc(Oc3ccnc(Nc4ccccc4)c3)c3ccccc23)cc(C(C)(C)C)cc1OCP(C)(C)=O. The van der Waals surface area contributed by atoms with Crippen LogP contribution in [0.3, 0.4) is 0 Å². The maximum Gasteiger partial charge on any atom is 0.323 e. The third-order valence-electron chi connectivity index (χ3n) is 7.04. The number of hydrogen-bond acceptors (Lipinski definition) is 7. The standard InChI is InChI=1S/C36H39N4O5P/c1-36(2,3)24-20-30(34(43-4)32(21-24)44-23-46(5,6)42)40-35(41)39-29-16-17-31(28-15-11-10-14-27(28)29)45-26-18-19-37-33(22-26)38-25-12-8-7-9-13-25/h7-22H,23H2,1-6H3,(H,37,38)(H2,39,40,41). The van der Waals surface area contributed by atoms with Gasteiger partial charge in [-0.15, -0.1) is 0 Å². The van der Waals surface area contributed by atoms with Crippen LogP contribution in [-0.4, -0.2) is 37.8 Å². The number of fused-ring (bicyclic) bond motifs is 1. The number of pyridine rings is 1. The summed E-state index contributed by atoms with van der Waals surface area (Å²) in [5.41, 5.74) is 2.63. The van der Waals surface area contributed by atoms with Crippen molar-refractivity contribution in [3.05, 3.63) is 103 Å². The van der Waals surface area contributed by atoms with Gasteiger partial charge >= 0.3 is 6.03 Å². The normalized spacial score (nSPS) is 11.5. The number of amides is 2. The molecule has 0 saturated carbocycles. The smallest absolute Gasteiger partial charge is 0.323 e. The van der Waals surface area contributed by atoms with Crippen molar-refractivity contribution in [1.82, 2.24) is 4.98 Å². The van der Waals surface area contributed by atoms with Gasteiger partial charge in [0.05, 0.1) is 18.5 Å². The summed E-state index contributed by atoms with van der Waals surface area (Å²) < 4.78 is 30.3. The summed E-state index contributed by atoms with van der Waals surface area (Å²) in [5.74, 6) is 2.66. The Bertz CT molecular complexity index is 1900. The first-order valence-corrected chi connectivity index (χ1v) is 17.6. The highest BCUT2D eigenvalue weighted by Gasteiger charge is 2.23. The number of urea groups is 1. The summed E-state index contributed by atoms with van der Waals surface area (Å²) in [6.45, 7) is 9.52. The van der Waals surface area contributed by atoms with Crippen molar-refractivity contribution in [2.24, 2.45) is 0 Å². The Hall–Kier alpha value is -5.01. The molecule has 0 aliphatic rings. The fraction of sp³-hybridized carbons (Fsp3) is 0.222. The van der Waals surface area contributed by atoms with Gasteiger partial charge in [-0.05, 0) is 66.8 Å². The van der Waals surface area contributed by atoms with Gasteiger partial charge in [0.25, 0.3) is 0 Å². The van der Waals surface area contributed by atoms with Gasteiger partial charge in [-0.3, -0.25) is 0 Å². The Labute approximate surface area is 269 Å². The van der Waals surface area contributed by atoms with Gasteiger partial charge in [-0.2, -0.15) is 0 Å². The van der Waals surface area contributed by atoms with E-state index in [0.29, 0.717) is 40.2 Å². The van der Waals surface area contributed by atoms with Gasteiger partial charge in [0, 0.05) is 28.7 Å². The second-order valence-corrected chi connectivity index (χ2v) is 15.8. The largest absolute Gasteiger partial charge is 0.491 e. The minimum atomic E-state index is -2.47. The highest BCUT2D eigenvalue weighted by atomic mass is 31.2. The van der Waals surface area contributed by atoms with E-state index in [-0.39, 0.29) is 11.8 Å². The van der Waals surface area contributed by atoms with Crippen LogP contribution >= 0.6 is 7.14 Å². The molecule has 0 saturated heterocycles.